The molecule has 1 aliphatic rings. The molecule has 0 unspecified atom stereocenters. The summed E-state index contributed by atoms with van der Waals surface area (Å²) in [5.74, 6) is -2.60. The first-order valence-electron chi connectivity index (χ1n) is 10.3. The molecule has 0 saturated heterocycles. The number of ether oxygens (including phenoxy) is 1. The Balaban J connectivity index is 1.50. The van der Waals surface area contributed by atoms with Crippen LogP contribution in [0, 0.1) is 0 Å². The lowest BCUT2D eigenvalue weighted by Gasteiger charge is -2.24. The van der Waals surface area contributed by atoms with Gasteiger partial charge in [-0.05, 0) is 51.8 Å². The quantitative estimate of drug-likeness (QED) is 0.351. The number of rotatable bonds is 7. The number of carbonyl (C=O) groups excluding carboxylic acids is 4. The standard InChI is InChI=1S/C25H18BrClN2O5/c26-19-11-10-16(13-20(19)27)28-22(30)14-34-25(33)21(12-15-6-2-1-3-7-15)29-23(31)17-8-4-5-9-18(17)24(29)32/h1-11,13,21H,12,14H2,(H,28,30)/t21-/m1/s1. The molecule has 0 aromatic heterocycles. The first-order chi connectivity index (χ1) is 16.3. The second kappa shape index (κ2) is 10.2. The van der Waals surface area contributed by atoms with Gasteiger partial charge in [-0.15, -0.1) is 0 Å². The van der Waals surface area contributed by atoms with Gasteiger partial charge in [-0.2, -0.15) is 0 Å². The van der Waals surface area contributed by atoms with E-state index in [9.17, 15) is 19.2 Å². The van der Waals surface area contributed by atoms with E-state index < -0.39 is 36.3 Å². The van der Waals surface area contributed by atoms with Gasteiger partial charge in [-0.3, -0.25) is 19.3 Å². The summed E-state index contributed by atoms with van der Waals surface area (Å²) < 4.78 is 5.90. The molecular formula is C25H18BrClN2O5. The molecule has 1 heterocycles. The summed E-state index contributed by atoms with van der Waals surface area (Å²) in [6.45, 7) is -0.596. The molecule has 4 rings (SSSR count). The number of imide groups is 1. The zero-order chi connectivity index (χ0) is 24.2. The maximum Gasteiger partial charge on any atom is 0.330 e. The highest BCUT2D eigenvalue weighted by Crippen LogP contribution is 2.27. The average Bonchev–Trinajstić information content (AvgIpc) is 3.09. The molecule has 0 bridgehead atoms. The molecule has 3 aromatic carbocycles. The molecule has 1 N–H and O–H groups in total. The summed E-state index contributed by atoms with van der Waals surface area (Å²) >= 11 is 9.30. The van der Waals surface area contributed by atoms with Gasteiger partial charge in [-0.25, -0.2) is 4.79 Å². The van der Waals surface area contributed by atoms with Crippen LogP contribution in [0.5, 0.6) is 0 Å². The van der Waals surface area contributed by atoms with Crippen LogP contribution in [0.1, 0.15) is 26.3 Å². The van der Waals surface area contributed by atoms with E-state index in [1.165, 1.54) is 12.1 Å². The van der Waals surface area contributed by atoms with E-state index in [1.54, 1.807) is 54.6 Å². The SMILES string of the molecule is O=C(COC(=O)[C@@H](Cc1ccccc1)N1C(=O)c2ccccc2C1=O)Nc1ccc(Br)c(Cl)c1. The van der Waals surface area contributed by atoms with Crippen molar-refractivity contribution in [2.75, 3.05) is 11.9 Å². The van der Waals surface area contributed by atoms with Crippen LogP contribution < -0.4 is 5.32 Å². The van der Waals surface area contributed by atoms with Crippen molar-refractivity contribution in [2.24, 2.45) is 0 Å². The summed E-state index contributed by atoms with van der Waals surface area (Å²) in [5.41, 5.74) is 1.61. The number of hydrogen-bond acceptors (Lipinski definition) is 5. The van der Waals surface area contributed by atoms with Gasteiger partial charge in [0.15, 0.2) is 6.61 Å². The molecule has 172 valence electrons. The number of fused-ring (bicyclic) bond motifs is 1. The van der Waals surface area contributed by atoms with E-state index in [-0.39, 0.29) is 17.5 Å². The third-order valence-corrected chi connectivity index (χ3v) is 6.46. The summed E-state index contributed by atoms with van der Waals surface area (Å²) in [4.78, 5) is 52.3. The zero-order valence-corrected chi connectivity index (χ0v) is 20.0. The van der Waals surface area contributed by atoms with Crippen LogP contribution in [0.3, 0.4) is 0 Å². The van der Waals surface area contributed by atoms with Crippen molar-refractivity contribution >= 4 is 56.9 Å². The third-order valence-electron chi connectivity index (χ3n) is 5.23. The Kier molecular flexibility index (Phi) is 7.09. The molecule has 0 radical (unpaired) electrons. The van der Waals surface area contributed by atoms with Gasteiger partial charge in [0, 0.05) is 16.6 Å². The second-order valence-corrected chi connectivity index (χ2v) is 8.78. The van der Waals surface area contributed by atoms with Gasteiger partial charge >= 0.3 is 5.97 Å². The Morgan fingerprint density at radius 3 is 2.18 bits per heavy atom. The maximum absolute atomic E-state index is 13.1. The zero-order valence-electron chi connectivity index (χ0n) is 17.7. The summed E-state index contributed by atoms with van der Waals surface area (Å²) in [6.07, 6.45) is 0.0507. The number of esters is 1. The van der Waals surface area contributed by atoms with Gasteiger partial charge < -0.3 is 10.1 Å². The van der Waals surface area contributed by atoms with E-state index in [0.29, 0.717) is 15.2 Å². The van der Waals surface area contributed by atoms with Crippen molar-refractivity contribution in [3.05, 3.63) is 99.0 Å². The summed E-state index contributed by atoms with van der Waals surface area (Å²) in [6, 6.07) is 18.9. The van der Waals surface area contributed by atoms with Crippen molar-refractivity contribution in [1.29, 1.82) is 0 Å². The fraction of sp³-hybridized carbons (Fsp3) is 0.120. The molecule has 1 aliphatic heterocycles. The molecule has 0 aliphatic carbocycles. The highest BCUT2D eigenvalue weighted by Gasteiger charge is 2.43. The monoisotopic (exact) mass is 540 g/mol. The van der Waals surface area contributed by atoms with Crippen molar-refractivity contribution < 1.29 is 23.9 Å². The number of nitrogens with one attached hydrogen (secondary N) is 1. The van der Waals surface area contributed by atoms with E-state index in [1.807, 2.05) is 6.07 Å². The van der Waals surface area contributed by atoms with Crippen molar-refractivity contribution in [3.8, 4) is 0 Å². The number of anilines is 1. The lowest BCUT2D eigenvalue weighted by Crippen LogP contribution is -2.47. The number of carbonyl (C=O) groups is 4. The number of nitrogens with zero attached hydrogens (tertiary/aromatic N) is 1. The molecule has 0 spiro atoms. The second-order valence-electron chi connectivity index (χ2n) is 7.52. The van der Waals surface area contributed by atoms with Gasteiger partial charge in [-0.1, -0.05) is 54.1 Å². The molecule has 3 amide bonds. The highest BCUT2D eigenvalue weighted by atomic mass is 79.9. The Labute approximate surface area is 208 Å². The normalized spacial score (nSPS) is 13.4. The lowest BCUT2D eigenvalue weighted by atomic mass is 10.0. The molecule has 7 nitrogen and oxygen atoms in total. The Morgan fingerprint density at radius 1 is 0.941 bits per heavy atom. The fourth-order valence-electron chi connectivity index (χ4n) is 3.61. The molecule has 3 aromatic rings. The van der Waals surface area contributed by atoms with Crippen molar-refractivity contribution in [3.63, 3.8) is 0 Å². The van der Waals surface area contributed by atoms with E-state index >= 15 is 0 Å². The van der Waals surface area contributed by atoms with Crippen LogP contribution in [0.15, 0.2) is 77.3 Å². The largest absolute Gasteiger partial charge is 0.454 e. The number of halogens is 2. The first-order valence-corrected chi connectivity index (χ1v) is 11.4. The molecular weight excluding hydrogens is 524 g/mol. The average molecular weight is 542 g/mol. The van der Waals surface area contributed by atoms with E-state index in [4.69, 9.17) is 16.3 Å². The smallest absolute Gasteiger partial charge is 0.330 e. The fourth-order valence-corrected chi connectivity index (χ4v) is 4.04. The van der Waals surface area contributed by atoms with E-state index in [2.05, 4.69) is 21.2 Å². The van der Waals surface area contributed by atoms with Crippen LogP contribution in [0.2, 0.25) is 5.02 Å². The van der Waals surface area contributed by atoms with Gasteiger partial charge in [0.25, 0.3) is 17.7 Å². The summed E-state index contributed by atoms with van der Waals surface area (Å²) in [5, 5.41) is 2.99. The lowest BCUT2D eigenvalue weighted by molar-refractivity contribution is -0.151. The minimum Gasteiger partial charge on any atom is -0.454 e. The van der Waals surface area contributed by atoms with Gasteiger partial charge in [0.2, 0.25) is 0 Å². The van der Waals surface area contributed by atoms with Crippen LogP contribution in [0.25, 0.3) is 0 Å². The molecule has 0 saturated carbocycles. The van der Waals surface area contributed by atoms with E-state index in [0.717, 1.165) is 10.5 Å². The predicted molar refractivity (Wildman–Crippen MR) is 130 cm³/mol. The Morgan fingerprint density at radius 2 is 1.56 bits per heavy atom. The molecule has 1 atom stereocenters. The number of amides is 3. The number of benzene rings is 3. The molecule has 9 heteroatoms. The topological polar surface area (TPSA) is 92.8 Å². The van der Waals surface area contributed by atoms with Crippen molar-refractivity contribution in [1.82, 2.24) is 4.90 Å². The van der Waals surface area contributed by atoms with Gasteiger partial charge in [0.05, 0.1) is 16.1 Å². The van der Waals surface area contributed by atoms with Crippen LogP contribution >= 0.6 is 27.5 Å². The van der Waals surface area contributed by atoms with Crippen LogP contribution in [0.4, 0.5) is 5.69 Å². The first kappa shape index (κ1) is 23.7. The van der Waals surface area contributed by atoms with Crippen molar-refractivity contribution in [2.45, 2.75) is 12.5 Å². The minimum absolute atomic E-state index is 0.0507. The van der Waals surface area contributed by atoms with Gasteiger partial charge in [0.1, 0.15) is 6.04 Å². The van der Waals surface area contributed by atoms with Crippen LogP contribution in [-0.2, 0) is 20.7 Å². The molecule has 0 fully saturated rings. The highest BCUT2D eigenvalue weighted by molar-refractivity contribution is 9.10. The summed E-state index contributed by atoms with van der Waals surface area (Å²) in [7, 11) is 0. The predicted octanol–water partition coefficient (Wildman–Crippen LogP) is 4.49. The Hall–Kier alpha value is -3.49. The third kappa shape index (κ3) is 5.03. The van der Waals surface area contributed by atoms with Crippen LogP contribution in [-0.4, -0.2) is 41.2 Å². The molecule has 34 heavy (non-hydrogen) atoms. The maximum atomic E-state index is 13.1. The Bertz CT molecular complexity index is 1250. The number of hydrogen-bond donors (Lipinski definition) is 1. The minimum atomic E-state index is -1.23.